The Hall–Kier alpha value is -1.31. The van der Waals surface area contributed by atoms with E-state index in [9.17, 15) is 26.7 Å². The molecular formula is C10H7F5O2S. The summed E-state index contributed by atoms with van der Waals surface area (Å²) in [5, 5.41) is 0. The van der Waals surface area contributed by atoms with Gasteiger partial charge in [0.05, 0.1) is 17.3 Å². The van der Waals surface area contributed by atoms with Gasteiger partial charge in [-0.2, -0.15) is 0 Å². The molecule has 0 unspecified atom stereocenters. The third-order valence-electron chi connectivity index (χ3n) is 1.81. The van der Waals surface area contributed by atoms with Gasteiger partial charge in [-0.1, -0.05) is 0 Å². The second-order valence-corrected chi connectivity index (χ2v) is 3.98. The molecule has 0 N–H and O–H groups in total. The maximum absolute atomic E-state index is 13.1. The summed E-state index contributed by atoms with van der Waals surface area (Å²) in [7, 11) is 0. The van der Waals surface area contributed by atoms with Gasteiger partial charge in [0.1, 0.15) is 0 Å². The highest BCUT2D eigenvalue weighted by atomic mass is 32.2. The van der Waals surface area contributed by atoms with Crippen LogP contribution in [0.2, 0.25) is 0 Å². The Morgan fingerprint density at radius 1 is 1.00 bits per heavy atom. The SMILES string of the molecule is CCOC(=O)CSc1c(F)c(F)c(F)c(F)c1F. The van der Waals surface area contributed by atoms with Crippen molar-refractivity contribution in [3.05, 3.63) is 29.1 Å². The topological polar surface area (TPSA) is 26.3 Å². The van der Waals surface area contributed by atoms with Crippen molar-refractivity contribution in [1.82, 2.24) is 0 Å². The molecule has 1 rings (SSSR count). The molecule has 0 amide bonds. The monoisotopic (exact) mass is 286 g/mol. The number of hydrogen-bond donors (Lipinski definition) is 0. The van der Waals surface area contributed by atoms with Crippen LogP contribution in [0.25, 0.3) is 0 Å². The van der Waals surface area contributed by atoms with Crippen LogP contribution in [0.5, 0.6) is 0 Å². The number of halogens is 5. The lowest BCUT2D eigenvalue weighted by molar-refractivity contribution is -0.139. The fourth-order valence-corrected chi connectivity index (χ4v) is 1.82. The molecule has 0 aromatic heterocycles. The molecular weight excluding hydrogens is 279 g/mol. The van der Waals surface area contributed by atoms with Crippen LogP contribution in [0, 0.1) is 29.1 Å². The van der Waals surface area contributed by atoms with Gasteiger partial charge in [0.15, 0.2) is 23.3 Å². The van der Waals surface area contributed by atoms with Crippen molar-refractivity contribution in [2.45, 2.75) is 11.8 Å². The van der Waals surface area contributed by atoms with Crippen LogP contribution in [-0.2, 0) is 9.53 Å². The lowest BCUT2D eigenvalue weighted by atomic mass is 10.3. The fraction of sp³-hybridized carbons (Fsp3) is 0.300. The van der Waals surface area contributed by atoms with Crippen molar-refractivity contribution in [1.29, 1.82) is 0 Å². The van der Waals surface area contributed by atoms with Gasteiger partial charge in [-0.05, 0) is 6.92 Å². The number of thioether (sulfide) groups is 1. The molecule has 1 aromatic rings. The Labute approximate surface area is 103 Å². The summed E-state index contributed by atoms with van der Waals surface area (Å²) >= 11 is 0.188. The first-order valence-corrected chi connectivity index (χ1v) is 5.68. The lowest BCUT2D eigenvalue weighted by Gasteiger charge is -2.07. The van der Waals surface area contributed by atoms with Gasteiger partial charge in [0.2, 0.25) is 5.82 Å². The van der Waals surface area contributed by atoms with Crippen LogP contribution in [-0.4, -0.2) is 18.3 Å². The molecule has 100 valence electrons. The molecule has 0 fully saturated rings. The molecule has 0 spiro atoms. The van der Waals surface area contributed by atoms with Gasteiger partial charge in [-0.15, -0.1) is 11.8 Å². The third-order valence-corrected chi connectivity index (χ3v) is 2.84. The first-order valence-electron chi connectivity index (χ1n) is 4.70. The highest BCUT2D eigenvalue weighted by Crippen LogP contribution is 2.30. The summed E-state index contributed by atoms with van der Waals surface area (Å²) in [5.74, 6) is -11.6. The molecule has 0 aliphatic rings. The van der Waals surface area contributed by atoms with Crippen LogP contribution >= 0.6 is 11.8 Å². The van der Waals surface area contributed by atoms with Crippen LogP contribution < -0.4 is 0 Å². The van der Waals surface area contributed by atoms with Gasteiger partial charge >= 0.3 is 5.97 Å². The zero-order valence-corrected chi connectivity index (χ0v) is 9.85. The highest BCUT2D eigenvalue weighted by Gasteiger charge is 2.26. The van der Waals surface area contributed by atoms with Crippen molar-refractivity contribution < 1.29 is 31.5 Å². The Balaban J connectivity index is 2.99. The molecule has 18 heavy (non-hydrogen) atoms. The van der Waals surface area contributed by atoms with Crippen LogP contribution in [0.4, 0.5) is 22.0 Å². The van der Waals surface area contributed by atoms with E-state index in [0.29, 0.717) is 0 Å². The number of benzene rings is 1. The predicted molar refractivity (Wildman–Crippen MR) is 53.6 cm³/mol. The normalized spacial score (nSPS) is 10.6. The molecule has 0 aliphatic heterocycles. The third kappa shape index (κ3) is 2.92. The lowest BCUT2D eigenvalue weighted by Crippen LogP contribution is -2.09. The van der Waals surface area contributed by atoms with E-state index in [-0.39, 0.29) is 18.4 Å². The largest absolute Gasteiger partial charge is 0.465 e. The zero-order chi connectivity index (χ0) is 13.9. The number of carbonyl (C=O) groups is 1. The summed E-state index contributed by atoms with van der Waals surface area (Å²) in [6.07, 6.45) is 0. The van der Waals surface area contributed by atoms with Crippen molar-refractivity contribution in [3.63, 3.8) is 0 Å². The fourth-order valence-electron chi connectivity index (χ4n) is 1.05. The second-order valence-electron chi connectivity index (χ2n) is 2.99. The van der Waals surface area contributed by atoms with Gasteiger partial charge in [0.25, 0.3) is 0 Å². The smallest absolute Gasteiger partial charge is 0.316 e. The number of rotatable bonds is 4. The van der Waals surface area contributed by atoms with E-state index in [4.69, 9.17) is 0 Å². The van der Waals surface area contributed by atoms with Gasteiger partial charge < -0.3 is 4.74 Å². The van der Waals surface area contributed by atoms with Crippen LogP contribution in [0.15, 0.2) is 4.90 Å². The van der Waals surface area contributed by atoms with Gasteiger partial charge in [0, 0.05) is 0 Å². The Bertz CT molecular complexity index is 449. The van der Waals surface area contributed by atoms with E-state index in [2.05, 4.69) is 4.74 Å². The summed E-state index contributed by atoms with van der Waals surface area (Å²) in [6, 6.07) is 0. The van der Waals surface area contributed by atoms with Crippen LogP contribution in [0.1, 0.15) is 6.92 Å². The summed E-state index contributed by atoms with van der Waals surface area (Å²) in [4.78, 5) is 9.83. The molecule has 1 aromatic carbocycles. The molecule has 8 heteroatoms. The standard InChI is InChI=1S/C10H7F5O2S/c1-2-17-4(16)3-18-10-8(14)6(12)5(11)7(13)9(10)15/h2-3H2,1H3. The molecule has 0 saturated heterocycles. The van der Waals surface area contributed by atoms with Crippen molar-refractivity contribution >= 4 is 17.7 Å². The summed E-state index contributed by atoms with van der Waals surface area (Å²) < 4.78 is 69.0. The Morgan fingerprint density at radius 2 is 1.44 bits per heavy atom. The average molecular weight is 286 g/mol. The Kier molecular flexibility index (Phi) is 4.94. The predicted octanol–water partition coefficient (Wildman–Crippen LogP) is 3.04. The molecule has 0 saturated carbocycles. The number of esters is 1. The summed E-state index contributed by atoms with van der Waals surface area (Å²) in [6.45, 7) is 1.57. The zero-order valence-electron chi connectivity index (χ0n) is 9.03. The average Bonchev–Trinajstić information content (AvgIpc) is 2.34. The molecule has 0 heterocycles. The van der Waals surface area contributed by atoms with Gasteiger partial charge in [-0.3, -0.25) is 4.79 Å². The number of carbonyl (C=O) groups excluding carboxylic acids is 1. The minimum Gasteiger partial charge on any atom is -0.465 e. The van der Waals surface area contributed by atoms with E-state index < -0.39 is 45.7 Å². The molecule has 0 atom stereocenters. The maximum atomic E-state index is 13.1. The van der Waals surface area contributed by atoms with Gasteiger partial charge in [-0.25, -0.2) is 22.0 Å². The van der Waals surface area contributed by atoms with Crippen molar-refractivity contribution in [3.8, 4) is 0 Å². The van der Waals surface area contributed by atoms with Crippen molar-refractivity contribution in [2.24, 2.45) is 0 Å². The summed E-state index contributed by atoms with van der Waals surface area (Å²) in [5.41, 5.74) is 0. The maximum Gasteiger partial charge on any atom is 0.316 e. The Morgan fingerprint density at radius 3 is 1.89 bits per heavy atom. The van der Waals surface area contributed by atoms with Crippen LogP contribution in [0.3, 0.4) is 0 Å². The quantitative estimate of drug-likeness (QED) is 0.280. The minimum absolute atomic E-state index is 0.0521. The van der Waals surface area contributed by atoms with E-state index >= 15 is 0 Å². The highest BCUT2D eigenvalue weighted by molar-refractivity contribution is 8.00. The van der Waals surface area contributed by atoms with E-state index in [1.54, 1.807) is 0 Å². The van der Waals surface area contributed by atoms with E-state index in [0.717, 1.165) is 0 Å². The minimum atomic E-state index is -2.23. The van der Waals surface area contributed by atoms with E-state index in [1.165, 1.54) is 6.92 Å². The molecule has 2 nitrogen and oxygen atoms in total. The number of hydrogen-bond acceptors (Lipinski definition) is 3. The molecule has 0 bridgehead atoms. The van der Waals surface area contributed by atoms with Crippen molar-refractivity contribution in [2.75, 3.05) is 12.4 Å². The first kappa shape index (κ1) is 14.7. The molecule has 0 radical (unpaired) electrons. The van der Waals surface area contributed by atoms with E-state index in [1.807, 2.05) is 0 Å². The first-order chi connectivity index (χ1) is 8.40. The second kappa shape index (κ2) is 6.03. The number of ether oxygens (including phenoxy) is 1. The molecule has 0 aliphatic carbocycles.